The number of Topliss-reactive ketones (excluding diaryl/α,β-unsaturated/α-hetero) is 2. The Kier molecular flexibility index (Phi) is 24.8. The topological polar surface area (TPSA) is 204 Å². The summed E-state index contributed by atoms with van der Waals surface area (Å²) in [6.45, 7) is 24.1. The van der Waals surface area contributed by atoms with E-state index in [0.717, 1.165) is 35.6 Å². The second-order valence-electron chi connectivity index (χ2n) is 22.4. The Bertz CT molecular complexity index is 2800. The number of hydrogen-bond donors (Lipinski definition) is 3. The highest BCUT2D eigenvalue weighted by atomic mass is 35.5. The summed E-state index contributed by atoms with van der Waals surface area (Å²) in [5.41, 5.74) is 3.53. The lowest BCUT2D eigenvalue weighted by Gasteiger charge is -2.38. The molecule has 2 heterocycles. The van der Waals surface area contributed by atoms with Gasteiger partial charge < -0.3 is 49.6 Å². The Balaban J connectivity index is 0.000000272. The molecule has 2 atom stereocenters. The van der Waals surface area contributed by atoms with Gasteiger partial charge in [0.15, 0.2) is 0 Å². The molecular weight excluding hydrogens is 1110 g/mol. The molecule has 2 saturated heterocycles. The summed E-state index contributed by atoms with van der Waals surface area (Å²) < 4.78 is 15.9. The number of carbonyl (C=O) groups excluding carboxylic acids is 6. The van der Waals surface area contributed by atoms with Crippen LogP contribution in [0.2, 0.25) is 20.1 Å². The minimum absolute atomic E-state index is 0.0323. The summed E-state index contributed by atoms with van der Waals surface area (Å²) in [5.74, 6) is -1.12. The number of hydrogen-bond acceptors (Lipinski definition) is 12. The summed E-state index contributed by atoms with van der Waals surface area (Å²) >= 11 is 24.2. The van der Waals surface area contributed by atoms with Crippen molar-refractivity contribution in [3.05, 3.63) is 127 Å². The van der Waals surface area contributed by atoms with E-state index in [9.17, 15) is 38.7 Å². The number of ether oxygens (including phenoxy) is 3. The molecule has 2 fully saturated rings. The molecule has 3 N–H and O–H groups in total. The third kappa shape index (κ3) is 23.1. The highest BCUT2D eigenvalue weighted by Gasteiger charge is 2.32. The van der Waals surface area contributed by atoms with Gasteiger partial charge in [0.25, 0.3) is 0 Å². The number of rotatable bonds is 14. The molecule has 0 unspecified atom stereocenters. The molecule has 4 amide bonds. The Morgan fingerprint density at radius 2 is 0.863 bits per heavy atom. The number of aliphatic carboxylic acids is 1. The summed E-state index contributed by atoms with van der Waals surface area (Å²) in [7, 11) is 0. The van der Waals surface area contributed by atoms with Gasteiger partial charge in [-0.05, 0) is 135 Å². The molecule has 0 bridgehead atoms. The first kappa shape index (κ1) is 66.2. The van der Waals surface area contributed by atoms with Gasteiger partial charge >= 0.3 is 24.2 Å². The van der Waals surface area contributed by atoms with Crippen LogP contribution in [0.3, 0.4) is 0 Å². The molecule has 0 aromatic heterocycles. The summed E-state index contributed by atoms with van der Waals surface area (Å²) in [5, 5.41) is 16.0. The van der Waals surface area contributed by atoms with Gasteiger partial charge in [-0.15, -0.1) is 0 Å². The van der Waals surface area contributed by atoms with E-state index in [1.807, 2.05) is 69.3 Å². The van der Waals surface area contributed by atoms with Crippen LogP contribution in [0, 0.1) is 0 Å². The number of alkyl carbamates (subject to hydrolysis) is 2. The maximum absolute atomic E-state index is 13.6. The van der Waals surface area contributed by atoms with Crippen LogP contribution in [0.25, 0.3) is 0 Å². The van der Waals surface area contributed by atoms with Crippen molar-refractivity contribution in [1.82, 2.24) is 20.4 Å². The van der Waals surface area contributed by atoms with Gasteiger partial charge in [0.2, 0.25) is 5.91 Å². The van der Waals surface area contributed by atoms with E-state index >= 15 is 0 Å². The average molecular weight is 1190 g/mol. The number of carboxylic acid groups (broad SMARTS) is 1. The number of carbonyl (C=O) groups is 7. The Labute approximate surface area is 490 Å². The molecule has 21 heteroatoms. The van der Waals surface area contributed by atoms with Gasteiger partial charge in [0.05, 0.1) is 0 Å². The van der Waals surface area contributed by atoms with Gasteiger partial charge in [-0.25, -0.2) is 19.2 Å². The quantitative estimate of drug-likeness (QED) is 0.101. The number of benzene rings is 4. The number of nitrogens with one attached hydrogen (secondary N) is 2. The maximum Gasteiger partial charge on any atom is 0.410 e. The van der Waals surface area contributed by atoms with E-state index in [-0.39, 0.29) is 36.4 Å². The van der Waals surface area contributed by atoms with Gasteiger partial charge in [-0.2, -0.15) is 0 Å². The van der Waals surface area contributed by atoms with E-state index in [2.05, 4.69) is 20.4 Å². The Morgan fingerprint density at radius 1 is 0.500 bits per heavy atom. The lowest BCUT2D eigenvalue weighted by atomic mass is 10.0. The predicted octanol–water partition coefficient (Wildman–Crippen LogP) is 11.3. The first-order valence-corrected chi connectivity index (χ1v) is 27.8. The monoisotopic (exact) mass is 1180 g/mol. The number of para-hydroxylation sites is 2. The standard InChI is InChI=1S/C27H33Cl2N3O4.C18H26N2O3.C14H17Cl2NO4/c1-18(33)15-20-7-5-6-8-24(20)31-11-13-32(14-12-31)25(34)23(30-26(35)36-27(2,3)4)16-19-9-10-21(28)17-22(19)29;1-14(21)13-15-7-5-6-8-16(15)19-9-11-20(12-10-19)17(22)23-18(2,3)4;1-14(2,3)21-13(20)17-11(12(18)19)6-8-4-5-9(15)7-10(8)16/h5-10,17,23H,11-16H2,1-4H3,(H,30,35);5-8H,9-13H2,1-4H3;4-5,7,11H,6H2,1-3H3,(H,17,20)(H,18,19)/t23-;;11-/m1.1/s1. The predicted molar refractivity (Wildman–Crippen MR) is 315 cm³/mol. The Hall–Kier alpha value is -6.27. The molecular formula is C59H76Cl4N6O11. The zero-order valence-corrected chi connectivity index (χ0v) is 50.6. The van der Waals surface area contributed by atoms with Crippen molar-refractivity contribution < 1.29 is 52.9 Å². The summed E-state index contributed by atoms with van der Waals surface area (Å²) in [6.07, 6.45) is -0.654. The number of piperazine rings is 2. The minimum atomic E-state index is -1.17. The fourth-order valence-electron chi connectivity index (χ4n) is 8.43. The van der Waals surface area contributed by atoms with Crippen LogP contribution in [-0.4, -0.2) is 138 Å². The van der Waals surface area contributed by atoms with Crippen LogP contribution < -0.4 is 20.4 Å². The molecule has 0 spiro atoms. The number of amides is 4. The molecule has 80 heavy (non-hydrogen) atoms. The van der Waals surface area contributed by atoms with Crippen molar-refractivity contribution in [2.75, 3.05) is 62.2 Å². The lowest BCUT2D eigenvalue weighted by Crippen LogP contribution is -2.56. The molecule has 0 aliphatic carbocycles. The van der Waals surface area contributed by atoms with Crippen molar-refractivity contribution >= 4 is 99.5 Å². The number of halogens is 4. The number of nitrogens with zero attached hydrogens (tertiary/aromatic N) is 4. The number of anilines is 2. The van der Waals surface area contributed by atoms with Crippen LogP contribution in [0.15, 0.2) is 84.9 Å². The third-order valence-corrected chi connectivity index (χ3v) is 13.1. The van der Waals surface area contributed by atoms with Gasteiger partial charge in [0, 0.05) is 110 Å². The van der Waals surface area contributed by atoms with E-state index in [1.165, 1.54) is 6.07 Å². The fourth-order valence-corrected chi connectivity index (χ4v) is 9.40. The highest BCUT2D eigenvalue weighted by molar-refractivity contribution is 6.35. The van der Waals surface area contributed by atoms with E-state index in [0.29, 0.717) is 83.3 Å². The van der Waals surface area contributed by atoms with Crippen LogP contribution in [-0.2, 0) is 59.1 Å². The molecule has 4 aromatic rings. The second kappa shape index (κ2) is 30.0. The molecule has 17 nitrogen and oxygen atoms in total. The van der Waals surface area contributed by atoms with Crippen molar-refractivity contribution in [3.8, 4) is 0 Å². The number of carboxylic acids is 1. The molecule has 2 aliphatic heterocycles. The zero-order valence-electron chi connectivity index (χ0n) is 47.6. The van der Waals surface area contributed by atoms with Crippen molar-refractivity contribution in [3.63, 3.8) is 0 Å². The van der Waals surface area contributed by atoms with E-state index in [1.54, 1.807) is 95.5 Å². The first-order valence-electron chi connectivity index (χ1n) is 26.3. The van der Waals surface area contributed by atoms with Crippen LogP contribution in [0.1, 0.15) is 98.4 Å². The molecule has 6 rings (SSSR count). The van der Waals surface area contributed by atoms with Gasteiger partial charge in [-0.1, -0.05) is 94.9 Å². The summed E-state index contributed by atoms with van der Waals surface area (Å²) in [4.78, 5) is 92.2. The average Bonchev–Trinajstić information content (AvgIpc) is 3.34. The van der Waals surface area contributed by atoms with Crippen LogP contribution >= 0.6 is 46.4 Å². The first-order chi connectivity index (χ1) is 37.3. The van der Waals surface area contributed by atoms with Crippen LogP contribution in [0.5, 0.6) is 0 Å². The zero-order chi connectivity index (χ0) is 59.7. The minimum Gasteiger partial charge on any atom is -0.480 e. The molecule has 0 radical (unpaired) electrons. The molecule has 436 valence electrons. The van der Waals surface area contributed by atoms with Gasteiger partial charge in [0.1, 0.15) is 40.5 Å². The Morgan fingerprint density at radius 3 is 1.23 bits per heavy atom. The van der Waals surface area contributed by atoms with E-state index < -0.39 is 47.0 Å². The largest absolute Gasteiger partial charge is 0.480 e. The SMILES string of the molecule is CC(=O)Cc1ccccc1N1CCN(C(=O)OC(C)(C)C)CC1.CC(=O)Cc1ccccc1N1CCN(C(=O)[C@@H](Cc2ccc(Cl)cc2Cl)NC(=O)OC(C)(C)C)CC1.CC(C)(C)OC(=O)N[C@H](Cc1ccc(Cl)cc1Cl)C(=O)O. The summed E-state index contributed by atoms with van der Waals surface area (Å²) in [6, 6.07) is 23.7. The normalized spacial score (nSPS) is 14.4. The van der Waals surface area contributed by atoms with Crippen molar-refractivity contribution in [2.45, 2.75) is 131 Å². The molecule has 2 aliphatic rings. The number of ketones is 2. The van der Waals surface area contributed by atoms with Gasteiger partial charge in [-0.3, -0.25) is 14.4 Å². The third-order valence-electron chi connectivity index (χ3n) is 11.9. The van der Waals surface area contributed by atoms with Crippen molar-refractivity contribution in [2.24, 2.45) is 0 Å². The highest BCUT2D eigenvalue weighted by Crippen LogP contribution is 2.27. The maximum atomic E-state index is 13.6. The van der Waals surface area contributed by atoms with Crippen LogP contribution in [0.4, 0.5) is 25.8 Å². The fraction of sp³-hybridized carbons (Fsp3) is 0.475. The lowest BCUT2D eigenvalue weighted by molar-refractivity contribution is -0.139. The molecule has 4 aromatic carbocycles. The van der Waals surface area contributed by atoms with E-state index in [4.69, 9.17) is 60.6 Å². The smallest absolute Gasteiger partial charge is 0.410 e. The molecule has 0 saturated carbocycles. The van der Waals surface area contributed by atoms with Crippen molar-refractivity contribution in [1.29, 1.82) is 0 Å². The second-order valence-corrected chi connectivity index (χ2v) is 24.1.